The van der Waals surface area contributed by atoms with Gasteiger partial charge in [0.2, 0.25) is 0 Å². The fourth-order valence-electron chi connectivity index (χ4n) is 1.67. The Kier molecular flexibility index (Phi) is 3.44. The Morgan fingerprint density at radius 1 is 0.875 bits per heavy atom. The summed E-state index contributed by atoms with van der Waals surface area (Å²) in [6.07, 6.45) is 0. The second-order valence-electron chi connectivity index (χ2n) is 3.56. The minimum absolute atomic E-state index is 0.615. The smallest absolute Gasteiger partial charge is 0.0499 e. The van der Waals surface area contributed by atoms with Gasteiger partial charge in [-0.2, -0.15) is 0 Å². The second-order valence-corrected chi connectivity index (χ2v) is 4.81. The number of halogens is 3. The summed E-state index contributed by atoms with van der Waals surface area (Å²) in [5, 5.41) is 1.94. The molecule has 0 radical (unpaired) electrons. The van der Waals surface area contributed by atoms with E-state index in [-0.39, 0.29) is 0 Å². The largest absolute Gasteiger partial charge is 0.0843 e. The summed E-state index contributed by atoms with van der Waals surface area (Å²) < 4.78 is 0. The lowest BCUT2D eigenvalue weighted by molar-refractivity contribution is 1.46. The Labute approximate surface area is 110 Å². The third-order valence-electron chi connectivity index (χ3n) is 2.42. The number of aryl methyl sites for hydroxylation is 1. The molecule has 0 N–H and O–H groups in total. The average molecular weight is 272 g/mol. The van der Waals surface area contributed by atoms with Gasteiger partial charge in [0.05, 0.1) is 0 Å². The van der Waals surface area contributed by atoms with Crippen LogP contribution in [0.4, 0.5) is 0 Å². The average Bonchev–Trinajstić information content (AvgIpc) is 2.20. The minimum atomic E-state index is 0.615. The Balaban J connectivity index is 2.68. The van der Waals surface area contributed by atoms with E-state index < -0.39 is 0 Å². The first-order chi connectivity index (χ1) is 7.59. The van der Waals surface area contributed by atoms with Crippen molar-refractivity contribution in [2.45, 2.75) is 6.92 Å². The lowest BCUT2D eigenvalue weighted by atomic mass is 10.0. The summed E-state index contributed by atoms with van der Waals surface area (Å²) in [7, 11) is 0. The van der Waals surface area contributed by atoms with E-state index in [0.29, 0.717) is 15.1 Å². The minimum Gasteiger partial charge on any atom is -0.0843 e. The van der Waals surface area contributed by atoms with Gasteiger partial charge in [0.1, 0.15) is 0 Å². The van der Waals surface area contributed by atoms with Gasteiger partial charge in [-0.3, -0.25) is 0 Å². The van der Waals surface area contributed by atoms with Gasteiger partial charge in [-0.15, -0.1) is 0 Å². The van der Waals surface area contributed by atoms with Crippen molar-refractivity contribution >= 4 is 34.8 Å². The van der Waals surface area contributed by atoms with Crippen LogP contribution in [-0.2, 0) is 0 Å². The van der Waals surface area contributed by atoms with Crippen LogP contribution in [0.25, 0.3) is 11.1 Å². The molecule has 0 aliphatic carbocycles. The predicted molar refractivity (Wildman–Crippen MR) is 71.6 cm³/mol. The van der Waals surface area contributed by atoms with Crippen LogP contribution in [-0.4, -0.2) is 0 Å². The molecule has 0 spiro atoms. The molecule has 2 aromatic rings. The Morgan fingerprint density at radius 3 is 2.25 bits per heavy atom. The maximum atomic E-state index is 6.18. The van der Waals surface area contributed by atoms with E-state index in [9.17, 15) is 0 Å². The van der Waals surface area contributed by atoms with Gasteiger partial charge in [0.15, 0.2) is 0 Å². The Morgan fingerprint density at radius 2 is 1.62 bits per heavy atom. The van der Waals surface area contributed by atoms with Crippen LogP contribution in [0.15, 0.2) is 36.4 Å². The van der Waals surface area contributed by atoms with Gasteiger partial charge in [0.25, 0.3) is 0 Å². The van der Waals surface area contributed by atoms with Crippen molar-refractivity contribution in [3.8, 4) is 11.1 Å². The van der Waals surface area contributed by atoms with Crippen LogP contribution in [0.1, 0.15) is 5.56 Å². The molecule has 0 aromatic heterocycles. The van der Waals surface area contributed by atoms with Crippen molar-refractivity contribution in [3.05, 3.63) is 57.0 Å². The fraction of sp³-hybridized carbons (Fsp3) is 0.0769. The van der Waals surface area contributed by atoms with Crippen molar-refractivity contribution in [2.75, 3.05) is 0 Å². The molecule has 0 nitrogen and oxygen atoms in total. The van der Waals surface area contributed by atoms with Gasteiger partial charge >= 0.3 is 0 Å². The van der Waals surface area contributed by atoms with Crippen LogP contribution in [0.3, 0.4) is 0 Å². The van der Waals surface area contributed by atoms with Gasteiger partial charge in [-0.1, -0.05) is 53.0 Å². The highest BCUT2D eigenvalue weighted by molar-refractivity contribution is 6.38. The molecule has 0 amide bonds. The summed E-state index contributed by atoms with van der Waals surface area (Å²) >= 11 is 18.2. The summed E-state index contributed by atoms with van der Waals surface area (Å²) in [5.74, 6) is 0. The number of hydrogen-bond acceptors (Lipinski definition) is 0. The summed E-state index contributed by atoms with van der Waals surface area (Å²) in [6, 6.07) is 11.2. The predicted octanol–water partition coefficient (Wildman–Crippen LogP) is 5.62. The topological polar surface area (TPSA) is 0 Å². The zero-order valence-electron chi connectivity index (χ0n) is 8.60. The molecule has 3 heteroatoms. The Bertz CT molecular complexity index is 512. The maximum absolute atomic E-state index is 6.18. The van der Waals surface area contributed by atoms with Gasteiger partial charge < -0.3 is 0 Å². The van der Waals surface area contributed by atoms with Crippen molar-refractivity contribution in [1.82, 2.24) is 0 Å². The van der Waals surface area contributed by atoms with Gasteiger partial charge in [-0.05, 0) is 30.7 Å². The first-order valence-corrected chi connectivity index (χ1v) is 5.93. The van der Waals surface area contributed by atoms with E-state index in [1.807, 2.05) is 37.3 Å². The van der Waals surface area contributed by atoms with Crippen LogP contribution in [0.5, 0.6) is 0 Å². The van der Waals surface area contributed by atoms with Crippen molar-refractivity contribution in [1.29, 1.82) is 0 Å². The molecule has 0 heterocycles. The summed E-state index contributed by atoms with van der Waals surface area (Å²) in [4.78, 5) is 0. The molecule has 2 rings (SSSR count). The zero-order valence-corrected chi connectivity index (χ0v) is 10.9. The SMILES string of the molecule is Cc1cccc(Cl)c1-c1ccc(Cl)cc1Cl. The first kappa shape index (κ1) is 11.8. The highest BCUT2D eigenvalue weighted by Gasteiger charge is 2.10. The Hall–Kier alpha value is -0.690. The first-order valence-electron chi connectivity index (χ1n) is 4.80. The van der Waals surface area contributed by atoms with E-state index >= 15 is 0 Å². The number of rotatable bonds is 1. The lowest BCUT2D eigenvalue weighted by Gasteiger charge is -2.10. The van der Waals surface area contributed by atoms with Crippen molar-refractivity contribution in [2.24, 2.45) is 0 Å². The molecule has 2 aromatic carbocycles. The third kappa shape index (κ3) is 2.20. The molecule has 82 valence electrons. The molecule has 16 heavy (non-hydrogen) atoms. The lowest BCUT2D eigenvalue weighted by Crippen LogP contribution is -1.85. The van der Waals surface area contributed by atoms with E-state index in [0.717, 1.165) is 16.7 Å². The van der Waals surface area contributed by atoms with Gasteiger partial charge in [-0.25, -0.2) is 0 Å². The summed E-state index contributed by atoms with van der Waals surface area (Å²) in [6.45, 7) is 2.01. The molecule has 0 saturated heterocycles. The van der Waals surface area contributed by atoms with Crippen molar-refractivity contribution in [3.63, 3.8) is 0 Å². The third-order valence-corrected chi connectivity index (χ3v) is 3.29. The molecule has 0 saturated carbocycles. The molecule has 0 aliphatic rings. The highest BCUT2D eigenvalue weighted by atomic mass is 35.5. The molecule has 0 atom stereocenters. The standard InChI is InChI=1S/C13H9Cl3/c1-8-3-2-4-11(15)13(8)10-6-5-9(14)7-12(10)16/h2-7H,1H3. The molecular formula is C13H9Cl3. The quantitative estimate of drug-likeness (QED) is 0.631. The second kappa shape index (κ2) is 4.67. The van der Waals surface area contributed by atoms with E-state index in [4.69, 9.17) is 34.8 Å². The monoisotopic (exact) mass is 270 g/mol. The molecule has 0 bridgehead atoms. The van der Waals surface area contributed by atoms with Crippen LogP contribution in [0, 0.1) is 6.92 Å². The molecular weight excluding hydrogens is 263 g/mol. The van der Waals surface area contributed by atoms with Crippen LogP contribution < -0.4 is 0 Å². The van der Waals surface area contributed by atoms with Crippen LogP contribution >= 0.6 is 34.8 Å². The number of benzene rings is 2. The number of hydrogen-bond donors (Lipinski definition) is 0. The molecule has 0 fully saturated rings. The van der Waals surface area contributed by atoms with E-state index in [2.05, 4.69) is 0 Å². The van der Waals surface area contributed by atoms with Gasteiger partial charge in [0, 0.05) is 26.2 Å². The maximum Gasteiger partial charge on any atom is 0.0499 e. The normalized spacial score (nSPS) is 10.5. The van der Waals surface area contributed by atoms with Crippen LogP contribution in [0.2, 0.25) is 15.1 Å². The van der Waals surface area contributed by atoms with E-state index in [1.54, 1.807) is 6.07 Å². The fourth-order valence-corrected chi connectivity index (χ4v) is 2.49. The summed E-state index contributed by atoms with van der Waals surface area (Å²) in [5.41, 5.74) is 2.97. The van der Waals surface area contributed by atoms with Crippen molar-refractivity contribution < 1.29 is 0 Å². The highest BCUT2D eigenvalue weighted by Crippen LogP contribution is 2.36. The molecule has 0 unspecified atom stereocenters. The molecule has 0 aliphatic heterocycles. The van der Waals surface area contributed by atoms with E-state index in [1.165, 1.54) is 0 Å². The zero-order chi connectivity index (χ0) is 11.7.